The van der Waals surface area contributed by atoms with Crippen molar-refractivity contribution in [2.45, 2.75) is 0 Å². The molecule has 4 nitrogen and oxygen atoms in total. The fourth-order valence-electron chi connectivity index (χ4n) is 6.85. The summed E-state index contributed by atoms with van der Waals surface area (Å²) in [7, 11) is 0. The Morgan fingerprint density at radius 3 is 2.04 bits per heavy atom. The summed E-state index contributed by atoms with van der Waals surface area (Å²) in [4.78, 5) is 8.25. The Morgan fingerprint density at radius 2 is 1.21 bits per heavy atom. The van der Waals surface area contributed by atoms with Crippen LogP contribution in [0.5, 0.6) is 5.75 Å². The SMILES string of the molecule is [Li+].[O-]c1ccc(-c2cccc3cc4c(-c5cccc(-c6nc7ccccc7n6-c6ccccc6)c5)cccc4cc23)c2ccc[nH+]c12. The molecule has 0 aliphatic heterocycles. The summed E-state index contributed by atoms with van der Waals surface area (Å²) in [6.07, 6.45) is 1.80. The molecule has 0 radical (unpaired) electrons. The van der Waals surface area contributed by atoms with E-state index in [0.717, 1.165) is 66.3 Å². The van der Waals surface area contributed by atoms with E-state index in [1.54, 1.807) is 12.3 Å². The van der Waals surface area contributed by atoms with Crippen LogP contribution in [0.25, 0.3) is 82.8 Å². The van der Waals surface area contributed by atoms with E-state index >= 15 is 0 Å². The van der Waals surface area contributed by atoms with E-state index in [1.165, 1.54) is 10.9 Å². The molecule has 0 aliphatic carbocycles. The first-order chi connectivity index (χ1) is 22.7. The van der Waals surface area contributed by atoms with Crippen molar-refractivity contribution in [3.05, 3.63) is 158 Å². The minimum atomic E-state index is -0.00348. The largest absolute Gasteiger partial charge is 1.00 e. The van der Waals surface area contributed by atoms with Gasteiger partial charge in [0.05, 0.1) is 16.4 Å². The second-order valence-electron chi connectivity index (χ2n) is 11.7. The van der Waals surface area contributed by atoms with Crippen molar-refractivity contribution in [3.8, 4) is 45.1 Å². The van der Waals surface area contributed by atoms with Crippen molar-refractivity contribution in [1.82, 2.24) is 9.55 Å². The maximum atomic E-state index is 12.6. The topological polar surface area (TPSA) is 55.0 Å². The third kappa shape index (κ3) is 4.78. The van der Waals surface area contributed by atoms with Gasteiger partial charge in [0.1, 0.15) is 5.82 Å². The number of nitrogens with zero attached hydrogens (tertiary/aromatic N) is 2. The summed E-state index contributed by atoms with van der Waals surface area (Å²) in [6, 6.07) is 52.5. The molecule has 9 rings (SSSR count). The van der Waals surface area contributed by atoms with Gasteiger partial charge in [-0.2, -0.15) is 0 Å². The summed E-state index contributed by atoms with van der Waals surface area (Å²) >= 11 is 0. The van der Waals surface area contributed by atoms with E-state index in [9.17, 15) is 5.11 Å². The summed E-state index contributed by atoms with van der Waals surface area (Å²) in [6.45, 7) is 0. The molecule has 2 aromatic heterocycles. The van der Waals surface area contributed by atoms with Gasteiger partial charge < -0.3 is 5.11 Å². The summed E-state index contributed by atoms with van der Waals surface area (Å²) in [5, 5.41) is 18.2. The van der Waals surface area contributed by atoms with Crippen LogP contribution in [0.4, 0.5) is 0 Å². The maximum absolute atomic E-state index is 12.6. The van der Waals surface area contributed by atoms with E-state index in [1.807, 2.05) is 30.3 Å². The summed E-state index contributed by atoms with van der Waals surface area (Å²) in [5.74, 6) is 0.911. The predicted molar refractivity (Wildman–Crippen MR) is 186 cm³/mol. The molecule has 0 unspecified atom stereocenters. The monoisotopic (exact) mass is 596 g/mol. The molecule has 0 saturated heterocycles. The quantitative estimate of drug-likeness (QED) is 0.175. The standard InChI is InChI=1S/C42H27N3O.Li/c46-40-22-21-34(35-18-9-23-43-41(35)40)33-17-8-12-29-25-36-28(26-37(29)33)11-7-16-32(36)27-10-6-13-30(24-27)42-44-38-19-4-5-20-39(38)45(42)31-14-2-1-3-15-31;/h1-26,46H;/q;+1. The Kier molecular flexibility index (Phi) is 7.11. The molecule has 9 aromatic rings. The molecule has 216 valence electrons. The van der Waals surface area contributed by atoms with Crippen LogP contribution in [0, 0.1) is 0 Å². The molecule has 1 N–H and O–H groups in total. The van der Waals surface area contributed by atoms with E-state index < -0.39 is 0 Å². The van der Waals surface area contributed by atoms with Gasteiger partial charge in [-0.25, -0.2) is 9.97 Å². The molecule has 0 aliphatic rings. The summed E-state index contributed by atoms with van der Waals surface area (Å²) in [5.41, 5.74) is 9.27. The van der Waals surface area contributed by atoms with Gasteiger partial charge in [0.25, 0.3) is 0 Å². The molecular formula is C42H27LiN3O+. The molecule has 0 atom stereocenters. The number of benzene rings is 7. The number of para-hydroxylation sites is 3. The first-order valence-corrected chi connectivity index (χ1v) is 15.4. The molecule has 5 heteroatoms. The molecule has 2 heterocycles. The third-order valence-corrected chi connectivity index (χ3v) is 8.97. The molecule has 0 saturated carbocycles. The van der Waals surface area contributed by atoms with Gasteiger partial charge in [-0.05, 0) is 98.1 Å². The number of hydrogen-bond donors (Lipinski definition) is 0. The number of pyridine rings is 1. The number of fused-ring (bicyclic) bond motifs is 4. The number of H-pyrrole nitrogens is 1. The minimum Gasteiger partial charge on any atom is -0.868 e. The molecule has 0 amide bonds. The van der Waals surface area contributed by atoms with Crippen LogP contribution in [0.2, 0.25) is 0 Å². The predicted octanol–water partition coefficient (Wildman–Crippen LogP) is 6.38. The van der Waals surface area contributed by atoms with Crippen LogP contribution in [0.15, 0.2) is 158 Å². The van der Waals surface area contributed by atoms with Crippen molar-refractivity contribution < 1.29 is 29.0 Å². The minimum absolute atomic E-state index is 0. The first kappa shape index (κ1) is 28.8. The average Bonchev–Trinajstić information content (AvgIpc) is 3.51. The number of imidazole rings is 1. The zero-order chi connectivity index (χ0) is 30.6. The number of hydrogen-bond acceptors (Lipinski definition) is 2. The van der Waals surface area contributed by atoms with Gasteiger partial charge in [-0.15, -0.1) is 0 Å². The number of aromatic nitrogens is 3. The van der Waals surface area contributed by atoms with Crippen LogP contribution in [-0.4, -0.2) is 9.55 Å². The van der Waals surface area contributed by atoms with Crippen LogP contribution >= 0.6 is 0 Å². The third-order valence-electron chi connectivity index (χ3n) is 8.97. The molecule has 0 spiro atoms. The van der Waals surface area contributed by atoms with Gasteiger partial charge in [0.15, 0.2) is 6.20 Å². The van der Waals surface area contributed by atoms with E-state index in [4.69, 9.17) is 4.98 Å². The Hall–Kier alpha value is -5.66. The van der Waals surface area contributed by atoms with Crippen molar-refractivity contribution in [2.24, 2.45) is 0 Å². The van der Waals surface area contributed by atoms with Crippen LogP contribution in [0.1, 0.15) is 0 Å². The second-order valence-corrected chi connectivity index (χ2v) is 11.7. The normalized spacial score (nSPS) is 11.3. The molecule has 47 heavy (non-hydrogen) atoms. The van der Waals surface area contributed by atoms with Crippen LogP contribution in [-0.2, 0) is 0 Å². The van der Waals surface area contributed by atoms with Gasteiger partial charge in [0, 0.05) is 17.3 Å². The first-order valence-electron chi connectivity index (χ1n) is 15.4. The van der Waals surface area contributed by atoms with Crippen molar-refractivity contribution in [3.63, 3.8) is 0 Å². The van der Waals surface area contributed by atoms with Gasteiger partial charge >= 0.3 is 18.9 Å². The number of rotatable bonds is 4. The van der Waals surface area contributed by atoms with Crippen LogP contribution < -0.4 is 29.0 Å². The molecule has 7 aromatic carbocycles. The molecule has 0 bridgehead atoms. The molecule has 0 fully saturated rings. The average molecular weight is 597 g/mol. The van der Waals surface area contributed by atoms with Crippen molar-refractivity contribution in [2.75, 3.05) is 0 Å². The van der Waals surface area contributed by atoms with E-state index in [-0.39, 0.29) is 24.6 Å². The van der Waals surface area contributed by atoms with Crippen molar-refractivity contribution >= 4 is 43.5 Å². The Morgan fingerprint density at radius 1 is 0.532 bits per heavy atom. The fourth-order valence-corrected chi connectivity index (χ4v) is 6.85. The van der Waals surface area contributed by atoms with Gasteiger partial charge in [0.2, 0.25) is 5.52 Å². The zero-order valence-electron chi connectivity index (χ0n) is 25.8. The fraction of sp³-hybridized carbons (Fsp3) is 0. The van der Waals surface area contributed by atoms with E-state index in [2.05, 4.69) is 125 Å². The smallest absolute Gasteiger partial charge is 0.868 e. The second kappa shape index (κ2) is 11.6. The van der Waals surface area contributed by atoms with Crippen LogP contribution in [0.3, 0.4) is 0 Å². The molecular weight excluding hydrogens is 569 g/mol. The Bertz CT molecular complexity index is 2610. The zero-order valence-corrected chi connectivity index (χ0v) is 25.8. The van der Waals surface area contributed by atoms with Crippen molar-refractivity contribution in [1.29, 1.82) is 0 Å². The maximum Gasteiger partial charge on any atom is 1.00 e. The summed E-state index contributed by atoms with van der Waals surface area (Å²) < 4.78 is 2.24. The van der Waals surface area contributed by atoms with E-state index in [0.29, 0.717) is 5.52 Å². The Balaban J connectivity index is 0.00000324. The number of aromatic amines is 1. The number of nitrogens with one attached hydrogen (secondary N) is 1. The Labute approximate surface area is 283 Å². The van der Waals surface area contributed by atoms with Gasteiger partial charge in [-0.3, -0.25) is 4.57 Å². The van der Waals surface area contributed by atoms with Gasteiger partial charge in [-0.1, -0.05) is 97.1 Å².